The molecule has 2 rings (SSSR count). The van der Waals surface area contributed by atoms with Crippen LogP contribution in [0, 0.1) is 6.92 Å². The van der Waals surface area contributed by atoms with Crippen molar-refractivity contribution in [2.45, 2.75) is 20.0 Å². The third-order valence-electron chi connectivity index (χ3n) is 3.05. The molecule has 0 saturated heterocycles. The standard InChI is InChI=1S/C16H21N3O/c1-12-7-16(20-3)9-15(18-12)11-19(2)10-13-5-4-6-14(17)8-13/h4-9H,10-11,17H2,1-3H3. The molecular weight excluding hydrogens is 250 g/mol. The van der Waals surface area contributed by atoms with E-state index in [9.17, 15) is 0 Å². The van der Waals surface area contributed by atoms with Gasteiger partial charge in [0.25, 0.3) is 0 Å². The molecule has 2 N–H and O–H groups in total. The molecule has 0 unspecified atom stereocenters. The number of aromatic nitrogens is 1. The minimum atomic E-state index is 0.771. The summed E-state index contributed by atoms with van der Waals surface area (Å²) in [4.78, 5) is 6.74. The summed E-state index contributed by atoms with van der Waals surface area (Å²) in [5.74, 6) is 0.852. The maximum Gasteiger partial charge on any atom is 0.122 e. The molecule has 0 amide bonds. The Morgan fingerprint density at radius 1 is 1.20 bits per heavy atom. The lowest BCUT2D eigenvalue weighted by Gasteiger charge is -2.17. The van der Waals surface area contributed by atoms with Gasteiger partial charge in [0, 0.05) is 36.6 Å². The first-order valence-corrected chi connectivity index (χ1v) is 6.61. The Morgan fingerprint density at radius 3 is 2.70 bits per heavy atom. The second kappa shape index (κ2) is 6.39. The zero-order valence-electron chi connectivity index (χ0n) is 12.3. The smallest absolute Gasteiger partial charge is 0.122 e. The Kier molecular flexibility index (Phi) is 4.58. The second-order valence-corrected chi connectivity index (χ2v) is 5.06. The van der Waals surface area contributed by atoms with Crippen molar-refractivity contribution in [2.75, 3.05) is 19.9 Å². The predicted octanol–water partition coefficient (Wildman–Crippen LogP) is 2.61. The van der Waals surface area contributed by atoms with Crippen molar-refractivity contribution in [1.29, 1.82) is 0 Å². The summed E-state index contributed by atoms with van der Waals surface area (Å²) in [5, 5.41) is 0. The summed E-state index contributed by atoms with van der Waals surface area (Å²) in [6, 6.07) is 11.9. The van der Waals surface area contributed by atoms with Gasteiger partial charge in [0.1, 0.15) is 5.75 Å². The fraction of sp³-hybridized carbons (Fsp3) is 0.312. The lowest BCUT2D eigenvalue weighted by atomic mass is 10.2. The van der Waals surface area contributed by atoms with Crippen molar-refractivity contribution in [3.63, 3.8) is 0 Å². The summed E-state index contributed by atoms with van der Waals surface area (Å²) < 4.78 is 5.28. The van der Waals surface area contributed by atoms with Crippen molar-refractivity contribution < 1.29 is 4.74 Å². The van der Waals surface area contributed by atoms with E-state index in [4.69, 9.17) is 10.5 Å². The third kappa shape index (κ3) is 3.96. The minimum Gasteiger partial charge on any atom is -0.497 e. The predicted molar refractivity (Wildman–Crippen MR) is 81.6 cm³/mol. The van der Waals surface area contributed by atoms with E-state index in [1.165, 1.54) is 5.56 Å². The number of nitrogens with zero attached hydrogens (tertiary/aromatic N) is 2. The topological polar surface area (TPSA) is 51.4 Å². The number of ether oxygens (including phenoxy) is 1. The molecule has 0 bridgehead atoms. The molecule has 4 heteroatoms. The number of hydrogen-bond donors (Lipinski definition) is 1. The first-order valence-electron chi connectivity index (χ1n) is 6.61. The monoisotopic (exact) mass is 271 g/mol. The molecular formula is C16H21N3O. The zero-order valence-corrected chi connectivity index (χ0v) is 12.3. The molecule has 0 aliphatic carbocycles. The van der Waals surface area contributed by atoms with Crippen molar-refractivity contribution in [3.05, 3.63) is 53.3 Å². The SMILES string of the molecule is COc1cc(C)nc(CN(C)Cc2cccc(N)c2)c1. The Balaban J connectivity index is 2.04. The molecule has 0 aliphatic rings. The average Bonchev–Trinajstić information content (AvgIpc) is 2.37. The highest BCUT2D eigenvalue weighted by Gasteiger charge is 2.06. The molecule has 1 heterocycles. The van der Waals surface area contributed by atoms with E-state index in [1.807, 2.05) is 37.3 Å². The molecule has 0 aliphatic heterocycles. The van der Waals surface area contributed by atoms with Gasteiger partial charge in [0.15, 0.2) is 0 Å². The van der Waals surface area contributed by atoms with Gasteiger partial charge in [0.05, 0.1) is 12.8 Å². The number of anilines is 1. The third-order valence-corrected chi connectivity index (χ3v) is 3.05. The van der Waals surface area contributed by atoms with Crippen LogP contribution in [0.25, 0.3) is 0 Å². The van der Waals surface area contributed by atoms with Crippen LogP contribution in [0.3, 0.4) is 0 Å². The van der Waals surface area contributed by atoms with Crippen molar-refractivity contribution >= 4 is 5.69 Å². The zero-order chi connectivity index (χ0) is 14.5. The molecule has 1 aromatic carbocycles. The molecule has 2 aromatic rings. The van der Waals surface area contributed by atoms with Gasteiger partial charge < -0.3 is 10.5 Å². The molecule has 0 fully saturated rings. The van der Waals surface area contributed by atoms with Crippen LogP contribution in [0.15, 0.2) is 36.4 Å². The largest absolute Gasteiger partial charge is 0.497 e. The van der Waals surface area contributed by atoms with Gasteiger partial charge in [-0.1, -0.05) is 12.1 Å². The number of benzene rings is 1. The summed E-state index contributed by atoms with van der Waals surface area (Å²) in [5.41, 5.74) is 9.77. The van der Waals surface area contributed by atoms with Crippen LogP contribution in [-0.2, 0) is 13.1 Å². The van der Waals surface area contributed by atoms with Gasteiger partial charge in [-0.25, -0.2) is 0 Å². The van der Waals surface area contributed by atoms with E-state index in [2.05, 4.69) is 23.0 Å². The van der Waals surface area contributed by atoms with E-state index in [0.29, 0.717) is 0 Å². The van der Waals surface area contributed by atoms with Crippen LogP contribution < -0.4 is 10.5 Å². The lowest BCUT2D eigenvalue weighted by molar-refractivity contribution is 0.314. The first kappa shape index (κ1) is 14.3. The maximum atomic E-state index is 5.80. The van der Waals surface area contributed by atoms with Crippen molar-refractivity contribution in [1.82, 2.24) is 9.88 Å². The highest BCUT2D eigenvalue weighted by atomic mass is 16.5. The van der Waals surface area contributed by atoms with Gasteiger partial charge in [-0.05, 0) is 31.7 Å². The quantitative estimate of drug-likeness (QED) is 0.849. The number of nitrogens with two attached hydrogens (primary N) is 1. The number of hydrogen-bond acceptors (Lipinski definition) is 4. The van der Waals surface area contributed by atoms with Gasteiger partial charge in [-0.15, -0.1) is 0 Å². The van der Waals surface area contributed by atoms with Gasteiger partial charge >= 0.3 is 0 Å². The Morgan fingerprint density at radius 2 is 2.00 bits per heavy atom. The number of nitrogen functional groups attached to an aromatic ring is 1. The average molecular weight is 271 g/mol. The molecule has 106 valence electrons. The molecule has 0 spiro atoms. The van der Waals surface area contributed by atoms with Gasteiger partial charge in [-0.2, -0.15) is 0 Å². The number of pyridine rings is 1. The summed E-state index contributed by atoms with van der Waals surface area (Å²) in [6.07, 6.45) is 0. The highest BCUT2D eigenvalue weighted by molar-refractivity contribution is 5.40. The van der Waals surface area contributed by atoms with Crippen molar-refractivity contribution in [3.8, 4) is 5.75 Å². The van der Waals surface area contributed by atoms with E-state index < -0.39 is 0 Å². The van der Waals surface area contributed by atoms with Crippen LogP contribution in [-0.4, -0.2) is 24.0 Å². The maximum absolute atomic E-state index is 5.80. The number of aryl methyl sites for hydroxylation is 1. The van der Waals surface area contributed by atoms with Crippen LogP contribution in [0.5, 0.6) is 5.75 Å². The Hall–Kier alpha value is -2.07. The van der Waals surface area contributed by atoms with Crippen LogP contribution >= 0.6 is 0 Å². The lowest BCUT2D eigenvalue weighted by Crippen LogP contribution is -2.18. The molecule has 20 heavy (non-hydrogen) atoms. The summed E-state index contributed by atoms with van der Waals surface area (Å²) in [6.45, 7) is 3.58. The van der Waals surface area contributed by atoms with E-state index in [1.54, 1.807) is 7.11 Å². The fourth-order valence-corrected chi connectivity index (χ4v) is 2.24. The first-order chi connectivity index (χ1) is 9.56. The Labute approximate surface area is 120 Å². The minimum absolute atomic E-state index is 0.771. The number of rotatable bonds is 5. The molecule has 0 saturated carbocycles. The van der Waals surface area contributed by atoms with Crippen molar-refractivity contribution in [2.24, 2.45) is 0 Å². The highest BCUT2D eigenvalue weighted by Crippen LogP contribution is 2.15. The van der Waals surface area contributed by atoms with Crippen LogP contribution in [0.2, 0.25) is 0 Å². The van der Waals surface area contributed by atoms with Gasteiger partial charge in [-0.3, -0.25) is 9.88 Å². The normalized spacial score (nSPS) is 10.8. The van der Waals surface area contributed by atoms with Gasteiger partial charge in [0.2, 0.25) is 0 Å². The van der Waals surface area contributed by atoms with E-state index >= 15 is 0 Å². The molecule has 0 radical (unpaired) electrons. The van der Waals surface area contributed by atoms with Crippen LogP contribution in [0.1, 0.15) is 17.0 Å². The molecule has 0 atom stereocenters. The van der Waals surface area contributed by atoms with Crippen LogP contribution in [0.4, 0.5) is 5.69 Å². The molecule has 4 nitrogen and oxygen atoms in total. The van der Waals surface area contributed by atoms with E-state index in [-0.39, 0.29) is 0 Å². The molecule has 1 aromatic heterocycles. The Bertz CT molecular complexity index is 584. The number of methoxy groups -OCH3 is 1. The summed E-state index contributed by atoms with van der Waals surface area (Å²) >= 11 is 0. The summed E-state index contributed by atoms with van der Waals surface area (Å²) in [7, 11) is 3.74. The van der Waals surface area contributed by atoms with E-state index in [0.717, 1.165) is 35.9 Å². The fourth-order valence-electron chi connectivity index (χ4n) is 2.24. The second-order valence-electron chi connectivity index (χ2n) is 5.06.